The molecule has 1 unspecified atom stereocenters. The summed E-state index contributed by atoms with van der Waals surface area (Å²) >= 11 is 0. The zero-order valence-corrected chi connectivity index (χ0v) is 11.1. The van der Waals surface area contributed by atoms with E-state index in [0.717, 1.165) is 31.9 Å². The van der Waals surface area contributed by atoms with Crippen molar-refractivity contribution in [2.45, 2.75) is 12.5 Å². The quantitative estimate of drug-likeness (QED) is 0.779. The number of aromatic nitrogens is 1. The van der Waals surface area contributed by atoms with Crippen LogP contribution in [0.3, 0.4) is 0 Å². The van der Waals surface area contributed by atoms with Crippen LogP contribution in [0.2, 0.25) is 0 Å². The van der Waals surface area contributed by atoms with Gasteiger partial charge in [0.15, 0.2) is 0 Å². The molecule has 6 heteroatoms. The van der Waals surface area contributed by atoms with Crippen molar-refractivity contribution in [3.63, 3.8) is 0 Å². The largest absolute Gasteiger partial charge is 0.396 e. The Bertz CT molecular complexity index is 452. The first-order valence-electron chi connectivity index (χ1n) is 6.43. The molecule has 1 amide bonds. The minimum atomic E-state index is -0.440. The number of nitrogens with zero attached hydrogens (tertiary/aromatic N) is 3. The standard InChI is InChI=1S/C13H20N4O2/c1-16-5-6-17(9-11(16)3-7-18)12-8-10(13(14)19)2-4-15-12/h2,4,8,11,18H,3,5-7,9H2,1H3,(H2,14,19). The van der Waals surface area contributed by atoms with Crippen molar-refractivity contribution >= 4 is 11.7 Å². The second-order valence-electron chi connectivity index (χ2n) is 4.86. The van der Waals surface area contributed by atoms with Crippen LogP contribution in [-0.4, -0.2) is 60.2 Å². The van der Waals surface area contributed by atoms with Crippen molar-refractivity contribution in [2.75, 3.05) is 38.2 Å². The molecule has 19 heavy (non-hydrogen) atoms. The number of hydrogen-bond donors (Lipinski definition) is 2. The van der Waals surface area contributed by atoms with E-state index in [2.05, 4.69) is 21.8 Å². The van der Waals surface area contributed by atoms with Crippen molar-refractivity contribution in [1.82, 2.24) is 9.88 Å². The first-order valence-corrected chi connectivity index (χ1v) is 6.43. The Morgan fingerprint density at radius 2 is 2.37 bits per heavy atom. The second-order valence-corrected chi connectivity index (χ2v) is 4.86. The number of primary amides is 1. The lowest BCUT2D eigenvalue weighted by atomic mass is 10.1. The summed E-state index contributed by atoms with van der Waals surface area (Å²) in [6, 6.07) is 3.65. The van der Waals surface area contributed by atoms with Gasteiger partial charge in [-0.2, -0.15) is 0 Å². The minimum Gasteiger partial charge on any atom is -0.396 e. The third kappa shape index (κ3) is 3.21. The van der Waals surface area contributed by atoms with Crippen LogP contribution in [0.25, 0.3) is 0 Å². The molecule has 0 bridgehead atoms. The lowest BCUT2D eigenvalue weighted by Gasteiger charge is -2.40. The SMILES string of the molecule is CN1CCN(c2cc(C(N)=O)ccn2)CC1CCO. The Labute approximate surface area is 112 Å². The molecule has 0 radical (unpaired) electrons. The van der Waals surface area contributed by atoms with E-state index in [4.69, 9.17) is 10.8 Å². The molecule has 2 rings (SSSR count). The molecule has 1 aromatic heterocycles. The van der Waals surface area contributed by atoms with Crippen molar-refractivity contribution < 1.29 is 9.90 Å². The Hall–Kier alpha value is -1.66. The van der Waals surface area contributed by atoms with Gasteiger partial charge in [-0.1, -0.05) is 0 Å². The molecule has 1 aliphatic rings. The van der Waals surface area contributed by atoms with Gasteiger partial charge in [-0.05, 0) is 25.6 Å². The van der Waals surface area contributed by atoms with E-state index in [1.54, 1.807) is 18.3 Å². The summed E-state index contributed by atoms with van der Waals surface area (Å²) in [7, 11) is 2.06. The number of hydrogen-bond acceptors (Lipinski definition) is 5. The van der Waals surface area contributed by atoms with Crippen LogP contribution in [0.4, 0.5) is 5.82 Å². The van der Waals surface area contributed by atoms with E-state index in [9.17, 15) is 4.79 Å². The van der Waals surface area contributed by atoms with Crippen molar-refractivity contribution in [3.05, 3.63) is 23.9 Å². The van der Waals surface area contributed by atoms with Crippen LogP contribution >= 0.6 is 0 Å². The number of aliphatic hydroxyl groups is 1. The van der Waals surface area contributed by atoms with Gasteiger partial charge < -0.3 is 15.7 Å². The lowest BCUT2D eigenvalue weighted by Crippen LogP contribution is -2.52. The van der Waals surface area contributed by atoms with E-state index in [-0.39, 0.29) is 6.61 Å². The van der Waals surface area contributed by atoms with Gasteiger partial charge in [-0.15, -0.1) is 0 Å². The van der Waals surface area contributed by atoms with E-state index in [1.807, 2.05) is 0 Å². The van der Waals surface area contributed by atoms with Gasteiger partial charge in [0.25, 0.3) is 0 Å². The van der Waals surface area contributed by atoms with Gasteiger partial charge in [-0.25, -0.2) is 4.98 Å². The van der Waals surface area contributed by atoms with Gasteiger partial charge in [0.05, 0.1) is 0 Å². The van der Waals surface area contributed by atoms with Crippen molar-refractivity contribution in [2.24, 2.45) is 5.73 Å². The molecular weight excluding hydrogens is 244 g/mol. The van der Waals surface area contributed by atoms with E-state index >= 15 is 0 Å². The van der Waals surface area contributed by atoms with E-state index in [1.165, 1.54) is 0 Å². The van der Waals surface area contributed by atoms with Gasteiger partial charge in [0.2, 0.25) is 5.91 Å². The average Bonchev–Trinajstić information content (AvgIpc) is 2.41. The zero-order valence-electron chi connectivity index (χ0n) is 11.1. The predicted octanol–water partition coefficient (Wildman–Crippen LogP) is -0.317. The molecule has 0 saturated carbocycles. The number of rotatable bonds is 4. The highest BCUT2D eigenvalue weighted by atomic mass is 16.3. The summed E-state index contributed by atoms with van der Waals surface area (Å²) in [6.07, 6.45) is 2.34. The Balaban J connectivity index is 2.13. The third-order valence-corrected chi connectivity index (χ3v) is 3.59. The van der Waals surface area contributed by atoms with E-state index < -0.39 is 5.91 Å². The predicted molar refractivity (Wildman–Crippen MR) is 73.1 cm³/mol. The fourth-order valence-electron chi connectivity index (χ4n) is 2.36. The van der Waals surface area contributed by atoms with Gasteiger partial charge >= 0.3 is 0 Å². The molecule has 2 heterocycles. The van der Waals surface area contributed by atoms with Gasteiger partial charge in [-0.3, -0.25) is 9.69 Å². The van der Waals surface area contributed by atoms with Gasteiger partial charge in [0.1, 0.15) is 5.82 Å². The lowest BCUT2D eigenvalue weighted by molar-refractivity contribution is 0.1000. The molecule has 1 atom stereocenters. The topological polar surface area (TPSA) is 82.7 Å². The highest BCUT2D eigenvalue weighted by Crippen LogP contribution is 2.18. The maximum Gasteiger partial charge on any atom is 0.248 e. The maximum atomic E-state index is 11.2. The molecule has 0 aliphatic carbocycles. The number of pyridine rings is 1. The number of piperazine rings is 1. The number of nitrogens with two attached hydrogens (primary N) is 1. The highest BCUT2D eigenvalue weighted by molar-refractivity contribution is 5.93. The van der Waals surface area contributed by atoms with Crippen LogP contribution in [0, 0.1) is 0 Å². The molecule has 0 spiro atoms. The Kier molecular flexibility index (Phi) is 4.34. The van der Waals surface area contributed by atoms with Crippen molar-refractivity contribution in [3.8, 4) is 0 Å². The van der Waals surface area contributed by atoms with Gasteiger partial charge in [0, 0.05) is 44.0 Å². The van der Waals surface area contributed by atoms with Crippen LogP contribution in [0.5, 0.6) is 0 Å². The van der Waals surface area contributed by atoms with Crippen LogP contribution in [0.1, 0.15) is 16.8 Å². The number of carbonyl (C=O) groups excluding carboxylic acids is 1. The average molecular weight is 264 g/mol. The molecule has 1 aromatic rings. The summed E-state index contributed by atoms with van der Waals surface area (Å²) < 4.78 is 0. The molecule has 6 nitrogen and oxygen atoms in total. The molecule has 104 valence electrons. The fraction of sp³-hybridized carbons (Fsp3) is 0.538. The first kappa shape index (κ1) is 13.8. The smallest absolute Gasteiger partial charge is 0.248 e. The van der Waals surface area contributed by atoms with Crippen LogP contribution in [-0.2, 0) is 0 Å². The summed E-state index contributed by atoms with van der Waals surface area (Å²) in [5.74, 6) is 0.331. The Morgan fingerprint density at radius 3 is 3.05 bits per heavy atom. The first-order chi connectivity index (χ1) is 9.11. The summed E-state index contributed by atoms with van der Waals surface area (Å²) in [5.41, 5.74) is 5.76. The summed E-state index contributed by atoms with van der Waals surface area (Å²) in [5, 5.41) is 9.09. The summed E-state index contributed by atoms with van der Waals surface area (Å²) in [6.45, 7) is 2.74. The maximum absolute atomic E-state index is 11.2. The molecule has 1 saturated heterocycles. The highest BCUT2D eigenvalue weighted by Gasteiger charge is 2.24. The van der Waals surface area contributed by atoms with E-state index in [0.29, 0.717) is 11.6 Å². The number of aliphatic hydroxyl groups excluding tert-OH is 1. The zero-order chi connectivity index (χ0) is 13.8. The van der Waals surface area contributed by atoms with Crippen LogP contribution < -0.4 is 10.6 Å². The molecule has 1 fully saturated rings. The van der Waals surface area contributed by atoms with Crippen LogP contribution in [0.15, 0.2) is 18.3 Å². The molecule has 3 N–H and O–H groups in total. The number of amides is 1. The Morgan fingerprint density at radius 1 is 1.58 bits per heavy atom. The van der Waals surface area contributed by atoms with Crippen molar-refractivity contribution in [1.29, 1.82) is 0 Å². The monoisotopic (exact) mass is 264 g/mol. The normalized spacial score (nSPS) is 20.5. The molecular formula is C13H20N4O2. The third-order valence-electron chi connectivity index (χ3n) is 3.59. The molecule has 0 aromatic carbocycles. The summed E-state index contributed by atoms with van der Waals surface area (Å²) in [4.78, 5) is 19.9. The second kappa shape index (κ2) is 5.99. The minimum absolute atomic E-state index is 0.178. The number of carbonyl (C=O) groups is 1. The number of likely N-dealkylation sites (N-methyl/N-ethyl adjacent to an activating group) is 1. The fourth-order valence-corrected chi connectivity index (χ4v) is 2.36. The number of anilines is 1. The molecule has 1 aliphatic heterocycles.